The van der Waals surface area contributed by atoms with Gasteiger partial charge in [0, 0.05) is 11.6 Å². The molecule has 0 radical (unpaired) electrons. The summed E-state index contributed by atoms with van der Waals surface area (Å²) in [7, 11) is -2.45. The van der Waals surface area contributed by atoms with Crippen LogP contribution in [0.2, 0.25) is 5.02 Å². The molecule has 7 heteroatoms. The minimum atomic E-state index is -3.83. The number of ether oxygens (including phenoxy) is 1. The number of sulfonamides is 1. The van der Waals surface area contributed by atoms with E-state index >= 15 is 0 Å². The van der Waals surface area contributed by atoms with Gasteiger partial charge < -0.3 is 9.84 Å². The highest BCUT2D eigenvalue weighted by atomic mass is 35.5. The average molecular weight is 356 g/mol. The fraction of sp³-hybridized carbons (Fsp3) is 0.250. The van der Waals surface area contributed by atoms with Crippen LogP contribution in [0.1, 0.15) is 5.56 Å². The summed E-state index contributed by atoms with van der Waals surface area (Å²) < 4.78 is 32.1. The second-order valence-corrected chi connectivity index (χ2v) is 7.16. The predicted molar refractivity (Wildman–Crippen MR) is 89.3 cm³/mol. The van der Waals surface area contributed by atoms with E-state index in [1.165, 1.54) is 19.2 Å². The summed E-state index contributed by atoms with van der Waals surface area (Å²) in [5, 5.41) is 10.3. The van der Waals surface area contributed by atoms with Crippen molar-refractivity contribution in [2.24, 2.45) is 0 Å². The molecule has 0 aliphatic heterocycles. The molecule has 0 bridgehead atoms. The van der Waals surface area contributed by atoms with E-state index in [4.69, 9.17) is 16.3 Å². The van der Waals surface area contributed by atoms with E-state index < -0.39 is 16.1 Å². The van der Waals surface area contributed by atoms with E-state index in [1.54, 1.807) is 6.07 Å². The molecule has 1 unspecified atom stereocenters. The Morgan fingerprint density at radius 1 is 1.22 bits per heavy atom. The fourth-order valence-electron chi connectivity index (χ4n) is 2.10. The molecule has 0 aliphatic carbocycles. The molecule has 0 fully saturated rings. The van der Waals surface area contributed by atoms with Gasteiger partial charge in [-0.25, -0.2) is 13.1 Å². The molecule has 2 N–H and O–H groups in total. The lowest BCUT2D eigenvalue weighted by Gasteiger charge is -2.14. The van der Waals surface area contributed by atoms with Crippen molar-refractivity contribution in [1.29, 1.82) is 0 Å². The normalized spacial score (nSPS) is 12.8. The van der Waals surface area contributed by atoms with Crippen molar-refractivity contribution in [1.82, 2.24) is 4.72 Å². The standard InChI is InChI=1S/C16H18ClNO4S/c1-22-15-8-7-13(17)10-16(15)23(20,21)18-11-14(19)9-12-5-3-2-4-6-12/h2-8,10,14,18-19H,9,11H2,1H3. The average Bonchev–Trinajstić information content (AvgIpc) is 2.54. The van der Waals surface area contributed by atoms with Gasteiger partial charge in [0.1, 0.15) is 10.6 Å². The highest BCUT2D eigenvalue weighted by Crippen LogP contribution is 2.26. The summed E-state index contributed by atoms with van der Waals surface area (Å²) >= 11 is 5.85. The van der Waals surface area contributed by atoms with Gasteiger partial charge in [0.05, 0.1) is 13.2 Å². The third-order valence-corrected chi connectivity index (χ3v) is 4.92. The first kappa shape index (κ1) is 17.7. The summed E-state index contributed by atoms with van der Waals surface area (Å²) in [5.41, 5.74) is 0.930. The second kappa shape index (κ2) is 7.79. The topological polar surface area (TPSA) is 75.6 Å². The van der Waals surface area contributed by atoms with Crippen LogP contribution >= 0.6 is 11.6 Å². The minimum absolute atomic E-state index is 0.0561. The highest BCUT2D eigenvalue weighted by molar-refractivity contribution is 7.89. The molecule has 23 heavy (non-hydrogen) atoms. The SMILES string of the molecule is COc1ccc(Cl)cc1S(=O)(=O)NCC(O)Cc1ccccc1. The largest absolute Gasteiger partial charge is 0.495 e. The molecular formula is C16H18ClNO4S. The molecular weight excluding hydrogens is 338 g/mol. The fourth-order valence-corrected chi connectivity index (χ4v) is 3.60. The third kappa shape index (κ3) is 4.94. The Balaban J connectivity index is 2.05. The zero-order valence-electron chi connectivity index (χ0n) is 12.6. The maximum atomic E-state index is 12.4. The predicted octanol–water partition coefficient (Wildman–Crippen LogP) is 2.23. The molecule has 2 aromatic carbocycles. The van der Waals surface area contributed by atoms with Gasteiger partial charge in [-0.15, -0.1) is 0 Å². The van der Waals surface area contributed by atoms with Gasteiger partial charge in [0.2, 0.25) is 10.0 Å². The summed E-state index contributed by atoms with van der Waals surface area (Å²) in [5.74, 6) is 0.194. The number of rotatable bonds is 7. The van der Waals surface area contributed by atoms with Gasteiger partial charge in [-0.05, 0) is 30.2 Å². The Labute approximate surface area is 140 Å². The van der Waals surface area contributed by atoms with Crippen LogP contribution in [-0.2, 0) is 16.4 Å². The summed E-state index contributed by atoms with van der Waals surface area (Å²) in [4.78, 5) is -0.0561. The van der Waals surface area contributed by atoms with E-state index in [2.05, 4.69) is 4.72 Å². The molecule has 2 aromatic rings. The van der Waals surface area contributed by atoms with Gasteiger partial charge in [-0.1, -0.05) is 41.9 Å². The molecule has 0 amide bonds. The Morgan fingerprint density at radius 3 is 2.57 bits per heavy atom. The maximum absolute atomic E-state index is 12.4. The van der Waals surface area contributed by atoms with Crippen molar-refractivity contribution in [2.75, 3.05) is 13.7 Å². The van der Waals surface area contributed by atoms with E-state index in [0.29, 0.717) is 6.42 Å². The van der Waals surface area contributed by atoms with Crippen LogP contribution in [0, 0.1) is 0 Å². The van der Waals surface area contributed by atoms with Crippen LogP contribution in [0.4, 0.5) is 0 Å². The van der Waals surface area contributed by atoms with Gasteiger partial charge in [-0.2, -0.15) is 0 Å². The molecule has 5 nitrogen and oxygen atoms in total. The number of nitrogens with one attached hydrogen (secondary N) is 1. The van der Waals surface area contributed by atoms with Gasteiger partial charge in [0.15, 0.2) is 0 Å². The van der Waals surface area contributed by atoms with Gasteiger partial charge in [-0.3, -0.25) is 0 Å². The third-order valence-electron chi connectivity index (χ3n) is 3.24. The van der Waals surface area contributed by atoms with Gasteiger partial charge >= 0.3 is 0 Å². The maximum Gasteiger partial charge on any atom is 0.244 e. The van der Waals surface area contributed by atoms with E-state index in [-0.39, 0.29) is 22.2 Å². The molecule has 0 heterocycles. The van der Waals surface area contributed by atoms with Crippen LogP contribution in [-0.4, -0.2) is 33.3 Å². The van der Waals surface area contributed by atoms with Crippen molar-refractivity contribution >= 4 is 21.6 Å². The monoisotopic (exact) mass is 355 g/mol. The Hall–Kier alpha value is -1.60. The Kier molecular flexibility index (Phi) is 6.01. The zero-order chi connectivity index (χ0) is 16.9. The van der Waals surface area contributed by atoms with E-state index in [9.17, 15) is 13.5 Å². The molecule has 0 aromatic heterocycles. The summed E-state index contributed by atoms with van der Waals surface area (Å²) in [6.07, 6.45) is -0.479. The highest BCUT2D eigenvalue weighted by Gasteiger charge is 2.21. The number of aliphatic hydroxyl groups excluding tert-OH is 1. The van der Waals surface area contributed by atoms with Crippen molar-refractivity contribution in [3.05, 3.63) is 59.1 Å². The second-order valence-electron chi connectivity index (χ2n) is 4.99. The molecule has 0 saturated heterocycles. The van der Waals surface area contributed by atoms with Crippen LogP contribution in [0.25, 0.3) is 0 Å². The van der Waals surface area contributed by atoms with Crippen LogP contribution in [0.15, 0.2) is 53.4 Å². The minimum Gasteiger partial charge on any atom is -0.495 e. The quantitative estimate of drug-likeness (QED) is 0.798. The van der Waals surface area contributed by atoms with Crippen LogP contribution < -0.4 is 9.46 Å². The summed E-state index contributed by atoms with van der Waals surface area (Å²) in [6, 6.07) is 13.7. The zero-order valence-corrected chi connectivity index (χ0v) is 14.1. The molecule has 1 atom stereocenters. The van der Waals surface area contributed by atoms with E-state index in [1.807, 2.05) is 30.3 Å². The lowest BCUT2D eigenvalue weighted by Crippen LogP contribution is -2.33. The smallest absolute Gasteiger partial charge is 0.244 e. The lowest BCUT2D eigenvalue weighted by molar-refractivity contribution is 0.179. The first-order valence-corrected chi connectivity index (χ1v) is 8.83. The van der Waals surface area contributed by atoms with Crippen LogP contribution in [0.3, 0.4) is 0 Å². The Morgan fingerprint density at radius 2 is 1.91 bits per heavy atom. The molecule has 0 aliphatic rings. The number of hydrogen-bond acceptors (Lipinski definition) is 4. The number of benzene rings is 2. The number of halogens is 1. The van der Waals surface area contributed by atoms with E-state index in [0.717, 1.165) is 5.56 Å². The van der Waals surface area contributed by atoms with Crippen molar-refractivity contribution < 1.29 is 18.3 Å². The number of methoxy groups -OCH3 is 1. The van der Waals surface area contributed by atoms with Crippen molar-refractivity contribution in [2.45, 2.75) is 17.4 Å². The first-order valence-electron chi connectivity index (χ1n) is 6.97. The molecule has 2 rings (SSSR count). The first-order chi connectivity index (χ1) is 10.9. The summed E-state index contributed by atoms with van der Waals surface area (Å²) in [6.45, 7) is -0.104. The van der Waals surface area contributed by atoms with Gasteiger partial charge in [0.25, 0.3) is 0 Å². The number of hydrogen-bond donors (Lipinski definition) is 2. The Bertz CT molecular complexity index is 750. The number of aliphatic hydroxyl groups is 1. The van der Waals surface area contributed by atoms with Crippen molar-refractivity contribution in [3.8, 4) is 5.75 Å². The molecule has 0 saturated carbocycles. The molecule has 124 valence electrons. The van der Waals surface area contributed by atoms with Crippen LogP contribution in [0.5, 0.6) is 5.75 Å². The van der Waals surface area contributed by atoms with Crippen molar-refractivity contribution in [3.63, 3.8) is 0 Å². The molecule has 0 spiro atoms. The lowest BCUT2D eigenvalue weighted by atomic mass is 10.1.